The molecule has 2 rings (SSSR count). The molecule has 1 saturated heterocycles. The largest absolute Gasteiger partial charge is 0.279 e. The Kier molecular flexibility index (Phi) is 6.45. The van der Waals surface area contributed by atoms with Crippen molar-refractivity contribution >= 4 is 22.0 Å². The second kappa shape index (κ2) is 7.86. The molecule has 0 radical (unpaired) electrons. The molecular weight excluding hydrogens is 280 g/mol. The van der Waals surface area contributed by atoms with Gasteiger partial charge in [0.25, 0.3) is 10.2 Å². The summed E-state index contributed by atoms with van der Waals surface area (Å²) in [5, 5.41) is 0.766. The van der Waals surface area contributed by atoms with Gasteiger partial charge in [0.15, 0.2) is 0 Å². The van der Waals surface area contributed by atoms with Gasteiger partial charge in [0.1, 0.15) is 0 Å². The number of nitrogens with one attached hydrogen (secondary N) is 1. The van der Waals surface area contributed by atoms with Gasteiger partial charge in [0.2, 0.25) is 0 Å². The highest BCUT2D eigenvalue weighted by atomic mass is 32.2. The maximum Gasteiger partial charge on any atom is 0.279 e. The third-order valence-electron chi connectivity index (χ3n) is 3.95. The Morgan fingerprint density at radius 3 is 2.26 bits per heavy atom. The molecule has 112 valence electrons. The Balaban J connectivity index is 1.67. The van der Waals surface area contributed by atoms with Crippen LogP contribution >= 0.6 is 11.8 Å². The van der Waals surface area contributed by atoms with E-state index in [1.807, 2.05) is 11.8 Å². The van der Waals surface area contributed by atoms with Crippen LogP contribution in [0.2, 0.25) is 0 Å². The van der Waals surface area contributed by atoms with Gasteiger partial charge in [-0.05, 0) is 25.7 Å². The van der Waals surface area contributed by atoms with E-state index in [1.54, 1.807) is 4.31 Å². The predicted molar refractivity (Wildman–Crippen MR) is 81.7 cm³/mol. The van der Waals surface area contributed by atoms with E-state index in [0.717, 1.165) is 36.7 Å². The summed E-state index contributed by atoms with van der Waals surface area (Å²) < 4.78 is 28.7. The van der Waals surface area contributed by atoms with E-state index in [2.05, 4.69) is 4.72 Å². The molecule has 1 N–H and O–H groups in total. The smallest absolute Gasteiger partial charge is 0.201 e. The van der Waals surface area contributed by atoms with Crippen LogP contribution < -0.4 is 4.72 Å². The molecule has 1 aliphatic heterocycles. The standard InChI is InChI=1S/C13H26N2O2S2/c16-19(17,15-10-5-1-2-6-11-15)14-9-12-18-13-7-3-4-8-13/h13-14H,1-12H2. The van der Waals surface area contributed by atoms with Crippen LogP contribution in [0.25, 0.3) is 0 Å². The van der Waals surface area contributed by atoms with Gasteiger partial charge in [-0.2, -0.15) is 24.5 Å². The molecule has 0 atom stereocenters. The highest BCUT2D eigenvalue weighted by Crippen LogP contribution is 2.28. The summed E-state index contributed by atoms with van der Waals surface area (Å²) in [4.78, 5) is 0. The molecule has 1 aliphatic carbocycles. The molecule has 0 amide bonds. The average Bonchev–Trinajstić information content (AvgIpc) is 2.74. The quantitative estimate of drug-likeness (QED) is 0.767. The molecule has 1 saturated carbocycles. The molecule has 1 heterocycles. The lowest BCUT2D eigenvalue weighted by Gasteiger charge is -2.20. The zero-order valence-corrected chi connectivity index (χ0v) is 13.3. The third kappa shape index (κ3) is 5.25. The van der Waals surface area contributed by atoms with E-state index < -0.39 is 10.2 Å². The summed E-state index contributed by atoms with van der Waals surface area (Å²) in [6.45, 7) is 1.94. The number of hydrogen-bond donors (Lipinski definition) is 1. The van der Waals surface area contributed by atoms with Crippen molar-refractivity contribution in [3.8, 4) is 0 Å². The summed E-state index contributed by atoms with van der Waals surface area (Å²) in [5.74, 6) is 0.901. The van der Waals surface area contributed by atoms with Gasteiger partial charge in [-0.15, -0.1) is 0 Å². The van der Waals surface area contributed by atoms with Crippen LogP contribution in [-0.2, 0) is 10.2 Å². The molecule has 2 aliphatic rings. The van der Waals surface area contributed by atoms with Gasteiger partial charge in [0.05, 0.1) is 0 Å². The van der Waals surface area contributed by atoms with Crippen molar-refractivity contribution in [3.05, 3.63) is 0 Å². The van der Waals surface area contributed by atoms with E-state index in [0.29, 0.717) is 19.6 Å². The summed E-state index contributed by atoms with van der Waals surface area (Å²) in [6.07, 6.45) is 9.62. The Morgan fingerprint density at radius 1 is 1.00 bits per heavy atom. The van der Waals surface area contributed by atoms with Gasteiger partial charge in [-0.1, -0.05) is 25.7 Å². The van der Waals surface area contributed by atoms with Crippen molar-refractivity contribution in [1.82, 2.24) is 9.03 Å². The third-order valence-corrected chi connectivity index (χ3v) is 6.94. The summed E-state index contributed by atoms with van der Waals surface area (Å²) in [7, 11) is -3.23. The van der Waals surface area contributed by atoms with Crippen molar-refractivity contribution in [2.75, 3.05) is 25.4 Å². The van der Waals surface area contributed by atoms with E-state index in [-0.39, 0.29) is 0 Å². The maximum atomic E-state index is 12.1. The molecule has 0 unspecified atom stereocenters. The second-order valence-corrected chi connectivity index (χ2v) is 8.65. The first-order chi connectivity index (χ1) is 9.18. The zero-order valence-electron chi connectivity index (χ0n) is 11.6. The molecule has 0 aromatic rings. The monoisotopic (exact) mass is 306 g/mol. The van der Waals surface area contributed by atoms with Crippen molar-refractivity contribution < 1.29 is 8.42 Å². The number of nitrogens with zero attached hydrogens (tertiary/aromatic N) is 1. The Morgan fingerprint density at radius 2 is 1.63 bits per heavy atom. The van der Waals surface area contributed by atoms with Crippen molar-refractivity contribution in [1.29, 1.82) is 0 Å². The first-order valence-electron chi connectivity index (χ1n) is 7.55. The van der Waals surface area contributed by atoms with E-state index in [9.17, 15) is 8.42 Å². The average molecular weight is 306 g/mol. The lowest BCUT2D eigenvalue weighted by Crippen LogP contribution is -2.42. The topological polar surface area (TPSA) is 49.4 Å². The van der Waals surface area contributed by atoms with Gasteiger partial charge >= 0.3 is 0 Å². The van der Waals surface area contributed by atoms with Crippen molar-refractivity contribution in [3.63, 3.8) is 0 Å². The maximum absolute atomic E-state index is 12.1. The predicted octanol–water partition coefficient (Wildman–Crippen LogP) is 2.37. The highest BCUT2D eigenvalue weighted by Gasteiger charge is 2.22. The van der Waals surface area contributed by atoms with Crippen LogP contribution in [0.1, 0.15) is 51.4 Å². The molecule has 6 heteroatoms. The van der Waals surface area contributed by atoms with E-state index >= 15 is 0 Å². The van der Waals surface area contributed by atoms with Gasteiger partial charge in [-0.3, -0.25) is 0 Å². The SMILES string of the molecule is O=S(=O)(NCCSC1CCCC1)N1CCCCCC1. The second-order valence-electron chi connectivity index (χ2n) is 5.49. The fourth-order valence-electron chi connectivity index (χ4n) is 2.82. The lowest BCUT2D eigenvalue weighted by atomic mass is 10.2. The minimum atomic E-state index is -3.23. The summed E-state index contributed by atoms with van der Waals surface area (Å²) >= 11 is 1.93. The van der Waals surface area contributed by atoms with E-state index in [4.69, 9.17) is 0 Å². The van der Waals surface area contributed by atoms with Gasteiger partial charge in [0, 0.05) is 30.6 Å². The van der Waals surface area contributed by atoms with Crippen molar-refractivity contribution in [2.45, 2.75) is 56.6 Å². The number of hydrogen-bond acceptors (Lipinski definition) is 3. The minimum Gasteiger partial charge on any atom is -0.201 e. The molecule has 2 fully saturated rings. The Hall–Kier alpha value is 0.220. The zero-order chi connectivity index (χ0) is 13.6. The molecular formula is C13H26N2O2S2. The van der Waals surface area contributed by atoms with Gasteiger partial charge < -0.3 is 0 Å². The molecule has 19 heavy (non-hydrogen) atoms. The molecule has 0 aromatic carbocycles. The first-order valence-corrected chi connectivity index (χ1v) is 10.0. The molecule has 0 spiro atoms. The van der Waals surface area contributed by atoms with Crippen LogP contribution in [-0.4, -0.2) is 43.4 Å². The highest BCUT2D eigenvalue weighted by molar-refractivity contribution is 8.00. The Bertz CT molecular complexity index is 346. The van der Waals surface area contributed by atoms with Crippen LogP contribution in [0.4, 0.5) is 0 Å². The molecule has 4 nitrogen and oxygen atoms in total. The van der Waals surface area contributed by atoms with Crippen LogP contribution in [0.5, 0.6) is 0 Å². The normalized spacial score (nSPS) is 23.6. The van der Waals surface area contributed by atoms with E-state index in [1.165, 1.54) is 25.7 Å². The van der Waals surface area contributed by atoms with Crippen molar-refractivity contribution in [2.24, 2.45) is 0 Å². The number of thioether (sulfide) groups is 1. The minimum absolute atomic E-state index is 0.569. The van der Waals surface area contributed by atoms with Crippen LogP contribution in [0, 0.1) is 0 Å². The molecule has 0 bridgehead atoms. The summed E-state index contributed by atoms with van der Waals surface area (Å²) in [6, 6.07) is 0. The fraction of sp³-hybridized carbons (Fsp3) is 1.00. The molecule has 0 aromatic heterocycles. The van der Waals surface area contributed by atoms with Crippen LogP contribution in [0.3, 0.4) is 0 Å². The first kappa shape index (κ1) is 15.6. The Labute approximate surface area is 121 Å². The summed E-state index contributed by atoms with van der Waals surface area (Å²) in [5.41, 5.74) is 0. The lowest BCUT2D eigenvalue weighted by molar-refractivity contribution is 0.416. The number of rotatable bonds is 6. The van der Waals surface area contributed by atoms with Crippen LogP contribution in [0.15, 0.2) is 0 Å². The van der Waals surface area contributed by atoms with Gasteiger partial charge in [-0.25, -0.2) is 4.72 Å². The fourth-order valence-corrected chi connectivity index (χ4v) is 5.46.